The summed E-state index contributed by atoms with van der Waals surface area (Å²) >= 11 is 5.25. The van der Waals surface area contributed by atoms with E-state index in [4.69, 9.17) is 27.4 Å². The fraction of sp³-hybridized carbons (Fsp3) is 0.167. The van der Waals surface area contributed by atoms with Crippen LogP contribution >= 0.6 is 12.2 Å². The summed E-state index contributed by atoms with van der Waals surface area (Å²) in [4.78, 5) is 9.11. The van der Waals surface area contributed by atoms with Gasteiger partial charge in [-0.2, -0.15) is 0 Å². The summed E-state index contributed by atoms with van der Waals surface area (Å²) in [7, 11) is 5.10. The summed E-state index contributed by atoms with van der Waals surface area (Å²) < 4.78 is 12.5. The Morgan fingerprint density at radius 3 is 2.60 bits per heavy atom. The van der Waals surface area contributed by atoms with Crippen molar-refractivity contribution in [2.24, 2.45) is 12.8 Å². The third-order valence-corrected chi connectivity index (χ3v) is 4.10. The number of nitrogens with zero attached hydrogens (tertiary/aromatic N) is 3. The van der Waals surface area contributed by atoms with Crippen LogP contribution in [0.15, 0.2) is 36.5 Å². The molecule has 0 saturated carbocycles. The maximum atomic E-state index is 5.97. The molecule has 0 radical (unpaired) electrons. The van der Waals surface area contributed by atoms with E-state index in [0.29, 0.717) is 28.5 Å². The molecule has 7 heteroatoms. The maximum absolute atomic E-state index is 5.97. The van der Waals surface area contributed by atoms with Crippen LogP contribution < -0.4 is 15.2 Å². The highest BCUT2D eigenvalue weighted by molar-refractivity contribution is 7.81. The van der Waals surface area contributed by atoms with E-state index in [9.17, 15) is 0 Å². The van der Waals surface area contributed by atoms with Crippen molar-refractivity contribution in [2.45, 2.75) is 0 Å². The number of thiocarbonyl (C=S) groups is 1. The van der Waals surface area contributed by atoms with Gasteiger partial charge in [0.05, 0.1) is 25.3 Å². The van der Waals surface area contributed by atoms with Crippen LogP contribution in [0.3, 0.4) is 0 Å². The Labute approximate surface area is 150 Å². The van der Waals surface area contributed by atoms with Crippen LogP contribution in [0.25, 0.3) is 22.8 Å². The first-order valence-electron chi connectivity index (χ1n) is 7.56. The lowest BCUT2D eigenvalue weighted by atomic mass is 10.1. The van der Waals surface area contributed by atoms with Crippen LogP contribution in [0.2, 0.25) is 0 Å². The number of hydrogen-bond donors (Lipinski definition) is 1. The minimum absolute atomic E-state index is 0.258. The second-order valence-electron chi connectivity index (χ2n) is 5.38. The average molecular weight is 354 g/mol. The number of imidazole rings is 1. The van der Waals surface area contributed by atoms with Crippen molar-refractivity contribution in [2.75, 3.05) is 14.2 Å². The van der Waals surface area contributed by atoms with Gasteiger partial charge in [0.15, 0.2) is 17.1 Å². The highest BCUT2D eigenvalue weighted by atomic mass is 32.1. The van der Waals surface area contributed by atoms with E-state index < -0.39 is 0 Å². The van der Waals surface area contributed by atoms with Crippen molar-refractivity contribution in [3.8, 4) is 11.5 Å². The molecule has 0 aliphatic carbocycles. The lowest BCUT2D eigenvalue weighted by molar-refractivity contribution is 0.355. The highest BCUT2D eigenvalue weighted by Crippen LogP contribution is 2.29. The first-order chi connectivity index (χ1) is 12.0. The predicted octanol–water partition coefficient (Wildman–Crippen LogP) is 2.81. The summed E-state index contributed by atoms with van der Waals surface area (Å²) in [6.07, 6.45) is 3.59. The Balaban J connectivity index is 2.14. The van der Waals surface area contributed by atoms with Gasteiger partial charge in [0.25, 0.3) is 0 Å². The minimum Gasteiger partial charge on any atom is -0.493 e. The molecule has 25 heavy (non-hydrogen) atoms. The molecule has 2 N–H and O–H groups in total. The Bertz CT molecular complexity index is 978. The largest absolute Gasteiger partial charge is 0.493 e. The Hall–Kier alpha value is -2.93. The summed E-state index contributed by atoms with van der Waals surface area (Å²) in [6.45, 7) is 0. The van der Waals surface area contributed by atoms with Crippen LogP contribution in [-0.4, -0.2) is 33.7 Å². The van der Waals surface area contributed by atoms with Gasteiger partial charge in [0, 0.05) is 13.2 Å². The molecule has 0 atom stereocenters. The number of methoxy groups -OCH3 is 2. The summed E-state index contributed by atoms with van der Waals surface area (Å²) in [6, 6.07) is 9.41. The average Bonchev–Trinajstić information content (AvgIpc) is 2.96. The molecule has 0 fully saturated rings. The molecule has 128 valence electrons. The monoisotopic (exact) mass is 354 g/mol. The van der Waals surface area contributed by atoms with Crippen LogP contribution in [0.5, 0.6) is 11.5 Å². The minimum atomic E-state index is 0.258. The van der Waals surface area contributed by atoms with Gasteiger partial charge >= 0.3 is 0 Å². The lowest BCUT2D eigenvalue weighted by Crippen LogP contribution is -2.13. The topological polar surface area (TPSA) is 75.2 Å². The first kappa shape index (κ1) is 16.9. The van der Waals surface area contributed by atoms with E-state index in [1.807, 2.05) is 48.0 Å². The van der Waals surface area contributed by atoms with E-state index in [1.54, 1.807) is 20.4 Å². The van der Waals surface area contributed by atoms with Gasteiger partial charge < -0.3 is 19.8 Å². The smallest absolute Gasteiger partial charge is 0.178 e. The molecule has 0 aliphatic rings. The standard InChI is InChI=1S/C18H18N4O2S/c1-22-13-5-4-8-20-17(13)21-18(22)12(16(19)25)9-11-6-7-14(23-2)15(10-11)24-3/h4-10H,1-3H3,(H2,19,25)/b12-9-. The fourth-order valence-electron chi connectivity index (χ4n) is 2.62. The summed E-state index contributed by atoms with van der Waals surface area (Å²) in [5, 5.41) is 0. The number of nitrogens with two attached hydrogens (primary N) is 1. The number of fused-ring (bicyclic) bond motifs is 1. The van der Waals surface area contributed by atoms with Crippen LogP contribution in [0.1, 0.15) is 11.4 Å². The van der Waals surface area contributed by atoms with Gasteiger partial charge in [0.2, 0.25) is 0 Å². The van der Waals surface area contributed by atoms with E-state index >= 15 is 0 Å². The number of rotatable bonds is 5. The van der Waals surface area contributed by atoms with E-state index in [0.717, 1.165) is 11.1 Å². The predicted molar refractivity (Wildman–Crippen MR) is 103 cm³/mol. The first-order valence-corrected chi connectivity index (χ1v) is 7.97. The quantitative estimate of drug-likeness (QED) is 0.561. The molecule has 0 aliphatic heterocycles. The van der Waals surface area contributed by atoms with Gasteiger partial charge in [-0.15, -0.1) is 0 Å². The molecule has 0 amide bonds. The molecule has 0 spiro atoms. The Kier molecular flexibility index (Phi) is 4.67. The van der Waals surface area contributed by atoms with E-state index in [2.05, 4.69) is 9.97 Å². The van der Waals surface area contributed by atoms with Gasteiger partial charge in [0.1, 0.15) is 10.8 Å². The molecule has 0 bridgehead atoms. The molecule has 6 nitrogen and oxygen atoms in total. The molecule has 0 unspecified atom stereocenters. The van der Waals surface area contributed by atoms with Crippen molar-refractivity contribution in [1.82, 2.24) is 14.5 Å². The van der Waals surface area contributed by atoms with Gasteiger partial charge in [-0.05, 0) is 35.9 Å². The number of hydrogen-bond acceptors (Lipinski definition) is 5. The Morgan fingerprint density at radius 2 is 1.96 bits per heavy atom. The molecule has 2 aromatic heterocycles. The zero-order chi connectivity index (χ0) is 18.0. The van der Waals surface area contributed by atoms with Gasteiger partial charge in [-0.1, -0.05) is 18.3 Å². The molecule has 3 rings (SSSR count). The van der Waals surface area contributed by atoms with Crippen molar-refractivity contribution in [1.29, 1.82) is 0 Å². The molecular formula is C18H18N4O2S. The molecule has 2 heterocycles. The van der Waals surface area contributed by atoms with Gasteiger partial charge in [-0.25, -0.2) is 9.97 Å². The van der Waals surface area contributed by atoms with Crippen molar-refractivity contribution in [3.63, 3.8) is 0 Å². The van der Waals surface area contributed by atoms with E-state index in [1.165, 1.54) is 0 Å². The number of benzene rings is 1. The maximum Gasteiger partial charge on any atom is 0.178 e. The SMILES string of the molecule is COc1ccc(/C=C(/C(N)=S)c2nc3ncccc3n2C)cc1OC. The third kappa shape index (κ3) is 3.18. The van der Waals surface area contributed by atoms with E-state index in [-0.39, 0.29) is 4.99 Å². The normalized spacial score (nSPS) is 11.6. The van der Waals surface area contributed by atoms with Crippen LogP contribution in [-0.2, 0) is 7.05 Å². The lowest BCUT2D eigenvalue weighted by Gasteiger charge is -2.10. The number of pyridine rings is 1. The molecular weight excluding hydrogens is 336 g/mol. The second kappa shape index (κ2) is 6.90. The fourth-order valence-corrected chi connectivity index (χ4v) is 2.77. The highest BCUT2D eigenvalue weighted by Gasteiger charge is 2.15. The third-order valence-electron chi connectivity index (χ3n) is 3.88. The van der Waals surface area contributed by atoms with Gasteiger partial charge in [-0.3, -0.25) is 0 Å². The number of aromatic nitrogens is 3. The molecule has 1 aromatic carbocycles. The van der Waals surface area contributed by atoms with Crippen molar-refractivity contribution in [3.05, 3.63) is 47.9 Å². The van der Waals surface area contributed by atoms with Crippen LogP contribution in [0.4, 0.5) is 0 Å². The zero-order valence-electron chi connectivity index (χ0n) is 14.2. The van der Waals surface area contributed by atoms with Crippen LogP contribution in [0, 0.1) is 0 Å². The second-order valence-corrected chi connectivity index (χ2v) is 5.82. The zero-order valence-corrected chi connectivity index (χ0v) is 15.0. The summed E-state index contributed by atoms with van der Waals surface area (Å²) in [5.74, 6) is 1.95. The van der Waals surface area contributed by atoms with Crippen molar-refractivity contribution >= 4 is 40.0 Å². The number of ether oxygens (including phenoxy) is 2. The van der Waals surface area contributed by atoms with Crippen molar-refractivity contribution < 1.29 is 9.47 Å². The molecule has 0 saturated heterocycles. The summed E-state index contributed by atoms with van der Waals surface area (Å²) in [5.41, 5.74) is 9.05. The Morgan fingerprint density at radius 1 is 1.20 bits per heavy atom. The number of aryl methyl sites for hydroxylation is 1. The molecule has 3 aromatic rings.